The van der Waals surface area contributed by atoms with Gasteiger partial charge in [-0.1, -0.05) is 0 Å². The number of hydrogen-bond donors (Lipinski definition) is 2. The average molecular weight is 657 g/mol. The molecule has 0 atom stereocenters. The normalized spacial score (nSPS) is 11.5. The molecule has 0 radical (unpaired) electrons. The van der Waals surface area contributed by atoms with Gasteiger partial charge in [-0.2, -0.15) is 0 Å². The number of carbonyl (C=O) groups excluding carboxylic acids is 1. The number of nitrogens with one attached hydrogen (secondary N) is 2. The Labute approximate surface area is 229 Å². The minimum atomic E-state index is -3.52. The monoisotopic (exact) mass is 657 g/mol. The topological polar surface area (TPSA) is 121 Å². The van der Waals surface area contributed by atoms with E-state index in [9.17, 15) is 18.0 Å². The van der Waals surface area contributed by atoms with Crippen LogP contribution in [-0.4, -0.2) is 59.0 Å². The molecule has 10 nitrogen and oxygen atoms in total. The molecule has 1 amide bonds. The zero-order chi connectivity index (χ0) is 28.0. The van der Waals surface area contributed by atoms with E-state index >= 15 is 4.39 Å². The van der Waals surface area contributed by atoms with Crippen LogP contribution in [0.1, 0.15) is 16.7 Å². The summed E-state index contributed by atoms with van der Waals surface area (Å²) in [5.74, 6) is 2.09. The molecule has 0 bridgehead atoms. The molecule has 0 unspecified atom stereocenters. The van der Waals surface area contributed by atoms with Crippen LogP contribution in [0.3, 0.4) is 0 Å². The molecular weight excluding hydrogens is 630 g/mol. The second-order valence-electron chi connectivity index (χ2n) is 8.41. The van der Waals surface area contributed by atoms with E-state index in [0.29, 0.717) is 17.5 Å². The van der Waals surface area contributed by atoms with Crippen LogP contribution < -0.4 is 38.7 Å². The van der Waals surface area contributed by atoms with Crippen LogP contribution >= 0.6 is 0 Å². The summed E-state index contributed by atoms with van der Waals surface area (Å²) < 4.78 is 54.7. The molecule has 1 aromatic heterocycles. The molecule has 0 aliphatic rings. The first-order valence-electron chi connectivity index (χ1n) is 11.2. The number of fused-ring (bicyclic) bond motifs is 1. The van der Waals surface area contributed by atoms with Crippen molar-refractivity contribution in [2.45, 2.75) is 13.0 Å². The number of amides is 1. The third kappa shape index (κ3) is 7.22. The van der Waals surface area contributed by atoms with Crippen molar-refractivity contribution < 1.29 is 46.9 Å². The van der Waals surface area contributed by atoms with Crippen molar-refractivity contribution in [2.24, 2.45) is 0 Å². The number of hydrogen-bond acceptors (Lipinski definition) is 8. The van der Waals surface area contributed by atoms with Gasteiger partial charge in [0.15, 0.2) is 0 Å². The summed E-state index contributed by atoms with van der Waals surface area (Å²) in [6.07, 6.45) is 4.76. The molecule has 13 heteroatoms. The summed E-state index contributed by atoms with van der Waals surface area (Å²) in [6.45, 7) is 0.570. The Morgan fingerprint density at radius 3 is 2.61 bits per heavy atom. The fourth-order valence-corrected chi connectivity index (χ4v) is 6.41. The van der Waals surface area contributed by atoms with Crippen LogP contribution in [0.15, 0.2) is 45.6 Å². The van der Waals surface area contributed by atoms with Gasteiger partial charge in [0, 0.05) is 14.1 Å². The van der Waals surface area contributed by atoms with E-state index in [1.807, 2.05) is 4.90 Å². The fourth-order valence-electron chi connectivity index (χ4n) is 3.49. The molecule has 2 N–H and O–H groups in total. The standard InChI is InChI=1S/C25H27FIN4O6S/c1-6-12-31(5)15-20-18-11-10-17(36-25(33)30(3)4)14-22(18)37-24(32)19(20)13-16-8-7-9-21(23(16)26)29-27-38(34,35)28-2/h1,7-11,14,28-29H,12-13,15H2,2-5H3/q-1. The van der Waals surface area contributed by atoms with Gasteiger partial charge in [-0.15, -0.1) is 0 Å². The minimum absolute atomic E-state index is 0.0256. The van der Waals surface area contributed by atoms with E-state index in [-0.39, 0.29) is 41.1 Å². The van der Waals surface area contributed by atoms with Crippen molar-refractivity contribution in [1.82, 2.24) is 14.5 Å². The van der Waals surface area contributed by atoms with Crippen molar-refractivity contribution in [2.75, 3.05) is 38.3 Å². The van der Waals surface area contributed by atoms with Crippen LogP contribution in [0, 0.1) is 18.2 Å². The summed E-state index contributed by atoms with van der Waals surface area (Å²) in [5.41, 5.74) is 0.545. The van der Waals surface area contributed by atoms with E-state index in [0.717, 1.165) is 0 Å². The molecule has 0 saturated carbocycles. The Morgan fingerprint density at radius 2 is 1.95 bits per heavy atom. The molecule has 0 spiro atoms. The van der Waals surface area contributed by atoms with Gasteiger partial charge >= 0.3 is 206 Å². The van der Waals surface area contributed by atoms with E-state index in [2.05, 4.69) is 14.2 Å². The van der Waals surface area contributed by atoms with Gasteiger partial charge in [-0.05, 0) is 0 Å². The van der Waals surface area contributed by atoms with Gasteiger partial charge < -0.3 is 4.90 Å². The molecule has 204 valence electrons. The number of benzene rings is 2. The Morgan fingerprint density at radius 1 is 1.21 bits per heavy atom. The summed E-state index contributed by atoms with van der Waals surface area (Å²) in [6, 6.07) is 9.23. The first-order chi connectivity index (χ1) is 18.0. The molecule has 2 aromatic carbocycles. The van der Waals surface area contributed by atoms with Gasteiger partial charge in [0.1, 0.15) is 0 Å². The second-order valence-corrected chi connectivity index (χ2v) is 15.2. The second kappa shape index (κ2) is 12.6. The van der Waals surface area contributed by atoms with Crippen molar-refractivity contribution in [3.05, 3.63) is 69.3 Å². The number of ether oxygens (including phenoxy) is 1. The van der Waals surface area contributed by atoms with E-state index in [1.54, 1.807) is 39.3 Å². The van der Waals surface area contributed by atoms with Crippen molar-refractivity contribution >= 4 is 29.9 Å². The first kappa shape index (κ1) is 29.4. The molecule has 1 heterocycles. The third-order valence-electron chi connectivity index (χ3n) is 5.38. The van der Waals surface area contributed by atoms with Crippen LogP contribution in [0.4, 0.5) is 14.9 Å². The molecule has 38 heavy (non-hydrogen) atoms. The molecule has 0 fully saturated rings. The zero-order valence-corrected chi connectivity index (χ0v) is 24.1. The fraction of sp³-hybridized carbons (Fsp3) is 0.280. The average Bonchev–Trinajstić information content (AvgIpc) is 2.86. The van der Waals surface area contributed by atoms with Gasteiger partial charge in [0.25, 0.3) is 0 Å². The van der Waals surface area contributed by atoms with Crippen LogP contribution in [0.5, 0.6) is 5.75 Å². The summed E-state index contributed by atoms with van der Waals surface area (Å²) in [7, 11) is 2.64. The number of terminal acetylenes is 1. The predicted octanol–water partition coefficient (Wildman–Crippen LogP) is -0.472. The molecule has 3 aromatic rings. The summed E-state index contributed by atoms with van der Waals surface area (Å²) in [5, 5.41) is 0.578. The van der Waals surface area contributed by atoms with Gasteiger partial charge in [0.2, 0.25) is 0 Å². The Hall–Kier alpha value is -3.19. The van der Waals surface area contributed by atoms with Crippen LogP contribution in [-0.2, 0) is 20.2 Å². The molecule has 0 saturated heterocycles. The molecular formula is C25H27FIN4O6S-. The molecule has 0 aliphatic carbocycles. The summed E-state index contributed by atoms with van der Waals surface area (Å²) >= 11 is -1.63. The molecule has 0 aliphatic heterocycles. The number of carbonyl (C=O) groups is 1. The SMILES string of the molecule is C#CCN(C)Cc1c(Cc2cccc(N[I-]S(=O)(=O)NC)c2F)c(=O)oc2cc(OC(=O)N(C)C)ccc12. The van der Waals surface area contributed by atoms with Gasteiger partial charge in [-0.3, -0.25) is 0 Å². The molecule has 3 rings (SSSR count). The van der Waals surface area contributed by atoms with Crippen LogP contribution in [0.25, 0.3) is 11.0 Å². The van der Waals surface area contributed by atoms with E-state index < -0.39 is 44.8 Å². The van der Waals surface area contributed by atoms with Crippen molar-refractivity contribution in [3.63, 3.8) is 0 Å². The van der Waals surface area contributed by atoms with Gasteiger partial charge in [0.05, 0.1) is 0 Å². The van der Waals surface area contributed by atoms with E-state index in [4.69, 9.17) is 15.6 Å². The van der Waals surface area contributed by atoms with Crippen LogP contribution in [0.2, 0.25) is 0 Å². The van der Waals surface area contributed by atoms with Crippen molar-refractivity contribution in [3.8, 4) is 18.1 Å². The Balaban J connectivity index is 2.07. The zero-order valence-electron chi connectivity index (χ0n) is 21.2. The summed E-state index contributed by atoms with van der Waals surface area (Å²) in [4.78, 5) is 28.2. The number of nitrogens with zero attached hydrogens (tertiary/aromatic N) is 2. The maximum atomic E-state index is 15.4. The number of rotatable bonds is 10. The Bertz CT molecular complexity index is 1550. The van der Waals surface area contributed by atoms with E-state index in [1.165, 1.54) is 30.1 Å². The first-order valence-corrected chi connectivity index (χ1v) is 16.3. The van der Waals surface area contributed by atoms with Crippen molar-refractivity contribution in [1.29, 1.82) is 0 Å². The number of anilines is 1. The Kier molecular flexibility index (Phi) is 9.71. The quantitative estimate of drug-likeness (QED) is 0.0988. The third-order valence-corrected chi connectivity index (χ3v) is 10.5. The maximum absolute atomic E-state index is 15.4. The number of halogens is 2. The van der Waals surface area contributed by atoms with Gasteiger partial charge in [-0.25, -0.2) is 4.79 Å². The predicted molar refractivity (Wildman–Crippen MR) is 138 cm³/mol.